The molecule has 0 fully saturated rings. The van der Waals surface area contributed by atoms with Crippen molar-refractivity contribution in [1.29, 1.82) is 0 Å². The van der Waals surface area contributed by atoms with E-state index in [9.17, 15) is 0 Å². The summed E-state index contributed by atoms with van der Waals surface area (Å²) in [5.74, 6) is 1.09. The summed E-state index contributed by atoms with van der Waals surface area (Å²) in [6.45, 7) is 8.05. The van der Waals surface area contributed by atoms with Gasteiger partial charge in [-0.15, -0.1) is 0 Å². The Hall–Kier alpha value is -1.32. The minimum Gasteiger partial charge on any atom is -0.384 e. The van der Waals surface area contributed by atoms with Crippen LogP contribution in [0.25, 0.3) is 0 Å². The summed E-state index contributed by atoms with van der Waals surface area (Å²) in [6, 6.07) is 1.74. The van der Waals surface area contributed by atoms with Crippen LogP contribution in [0, 0.1) is 6.92 Å². The maximum atomic E-state index is 5.59. The molecule has 0 saturated heterocycles. The minimum atomic E-state index is -0.0414. The van der Waals surface area contributed by atoms with Crippen molar-refractivity contribution in [2.24, 2.45) is 0 Å². The lowest BCUT2D eigenvalue weighted by Gasteiger charge is -2.20. The van der Waals surface area contributed by atoms with E-state index in [-0.39, 0.29) is 5.54 Å². The van der Waals surface area contributed by atoms with Gasteiger partial charge in [0.25, 0.3) is 0 Å². The van der Waals surface area contributed by atoms with Crippen LogP contribution in [-0.2, 0) is 0 Å². The van der Waals surface area contributed by atoms with Crippen LogP contribution < -0.4 is 11.1 Å². The number of nitrogens with zero attached hydrogens (tertiary/aromatic N) is 2. The van der Waals surface area contributed by atoms with Crippen LogP contribution in [0.2, 0.25) is 0 Å². The summed E-state index contributed by atoms with van der Waals surface area (Å²) < 4.78 is 0. The van der Waals surface area contributed by atoms with Crippen LogP contribution in [0.3, 0.4) is 0 Å². The molecule has 0 aliphatic rings. The predicted octanol–water partition coefficient (Wildman–Crippen LogP) is 1.58. The van der Waals surface area contributed by atoms with E-state index >= 15 is 0 Å². The first-order valence-electron chi connectivity index (χ1n) is 4.26. The molecule has 4 nitrogen and oxygen atoms in total. The molecule has 0 atom stereocenters. The first-order chi connectivity index (χ1) is 5.87. The standard InChI is InChI=1S/C9H16N4/c1-6-5-7(10)12-8(11-6)13-9(2,3)4/h5H,1-4H3,(H3,10,11,12,13). The predicted molar refractivity (Wildman–Crippen MR) is 54.6 cm³/mol. The second-order valence-electron chi connectivity index (χ2n) is 4.13. The van der Waals surface area contributed by atoms with Crippen LogP contribution in [0.15, 0.2) is 6.07 Å². The maximum Gasteiger partial charge on any atom is 0.225 e. The average molecular weight is 180 g/mol. The molecular formula is C9H16N4. The molecule has 0 radical (unpaired) electrons. The number of hydrogen-bond acceptors (Lipinski definition) is 4. The number of aromatic nitrogens is 2. The molecule has 13 heavy (non-hydrogen) atoms. The van der Waals surface area contributed by atoms with Gasteiger partial charge in [-0.25, -0.2) is 4.98 Å². The van der Waals surface area contributed by atoms with Gasteiger partial charge in [0.05, 0.1) is 0 Å². The fourth-order valence-corrected chi connectivity index (χ4v) is 0.984. The maximum absolute atomic E-state index is 5.59. The molecule has 72 valence electrons. The van der Waals surface area contributed by atoms with E-state index in [1.807, 2.05) is 6.92 Å². The summed E-state index contributed by atoms with van der Waals surface area (Å²) in [6.07, 6.45) is 0. The Bertz CT molecular complexity index is 281. The fourth-order valence-electron chi connectivity index (χ4n) is 0.984. The highest BCUT2D eigenvalue weighted by Crippen LogP contribution is 2.11. The minimum absolute atomic E-state index is 0.0414. The summed E-state index contributed by atoms with van der Waals surface area (Å²) >= 11 is 0. The third-order valence-electron chi connectivity index (χ3n) is 1.36. The van der Waals surface area contributed by atoms with Gasteiger partial charge in [-0.05, 0) is 27.7 Å². The van der Waals surface area contributed by atoms with Crippen LogP contribution in [0.5, 0.6) is 0 Å². The first-order valence-corrected chi connectivity index (χ1v) is 4.26. The van der Waals surface area contributed by atoms with Crippen LogP contribution in [-0.4, -0.2) is 15.5 Å². The fraction of sp³-hybridized carbons (Fsp3) is 0.556. The van der Waals surface area contributed by atoms with Crippen molar-refractivity contribution in [3.63, 3.8) is 0 Å². The molecule has 1 heterocycles. The molecule has 0 amide bonds. The Kier molecular flexibility index (Phi) is 2.40. The molecule has 0 aliphatic heterocycles. The lowest BCUT2D eigenvalue weighted by molar-refractivity contribution is 0.625. The van der Waals surface area contributed by atoms with Crippen molar-refractivity contribution in [3.8, 4) is 0 Å². The van der Waals surface area contributed by atoms with E-state index in [0.29, 0.717) is 11.8 Å². The highest BCUT2D eigenvalue weighted by Gasteiger charge is 2.11. The number of anilines is 2. The Morgan fingerprint density at radius 1 is 1.31 bits per heavy atom. The zero-order valence-electron chi connectivity index (χ0n) is 8.55. The molecule has 4 heteroatoms. The summed E-state index contributed by atoms with van der Waals surface area (Å²) in [4.78, 5) is 8.29. The van der Waals surface area contributed by atoms with Crippen molar-refractivity contribution in [3.05, 3.63) is 11.8 Å². The lowest BCUT2D eigenvalue weighted by atomic mass is 10.1. The molecule has 0 unspecified atom stereocenters. The van der Waals surface area contributed by atoms with Crippen molar-refractivity contribution in [2.75, 3.05) is 11.1 Å². The number of nitrogen functional groups attached to an aromatic ring is 1. The summed E-state index contributed by atoms with van der Waals surface area (Å²) in [5.41, 5.74) is 6.42. The number of hydrogen-bond donors (Lipinski definition) is 2. The van der Waals surface area contributed by atoms with E-state index in [1.54, 1.807) is 6.07 Å². The number of rotatable bonds is 1. The number of aryl methyl sites for hydroxylation is 1. The number of nitrogens with one attached hydrogen (secondary N) is 1. The van der Waals surface area contributed by atoms with Gasteiger partial charge >= 0.3 is 0 Å². The summed E-state index contributed by atoms with van der Waals surface area (Å²) in [5, 5.41) is 3.16. The SMILES string of the molecule is Cc1cc(N)nc(NC(C)(C)C)n1. The Labute approximate surface area is 78.6 Å². The lowest BCUT2D eigenvalue weighted by Crippen LogP contribution is -2.27. The Morgan fingerprint density at radius 2 is 1.92 bits per heavy atom. The van der Waals surface area contributed by atoms with Crippen LogP contribution in [0.4, 0.5) is 11.8 Å². The van der Waals surface area contributed by atoms with E-state index in [1.165, 1.54) is 0 Å². The van der Waals surface area contributed by atoms with Gasteiger partial charge in [-0.2, -0.15) is 4.98 Å². The molecule has 1 aromatic heterocycles. The van der Waals surface area contributed by atoms with Crippen LogP contribution >= 0.6 is 0 Å². The number of nitrogens with two attached hydrogens (primary N) is 1. The van der Waals surface area contributed by atoms with Crippen molar-refractivity contribution in [1.82, 2.24) is 9.97 Å². The molecule has 1 aromatic rings. The third kappa shape index (κ3) is 3.27. The van der Waals surface area contributed by atoms with Gasteiger partial charge in [0.2, 0.25) is 5.95 Å². The first kappa shape index (κ1) is 9.77. The molecule has 0 aliphatic carbocycles. The Morgan fingerprint density at radius 3 is 2.38 bits per heavy atom. The van der Waals surface area contributed by atoms with Crippen molar-refractivity contribution in [2.45, 2.75) is 33.2 Å². The second kappa shape index (κ2) is 3.20. The monoisotopic (exact) mass is 180 g/mol. The van der Waals surface area contributed by atoms with Gasteiger partial charge in [-0.1, -0.05) is 0 Å². The van der Waals surface area contributed by atoms with Gasteiger partial charge in [-0.3, -0.25) is 0 Å². The highest BCUT2D eigenvalue weighted by atomic mass is 15.1. The highest BCUT2D eigenvalue weighted by molar-refractivity contribution is 5.39. The largest absolute Gasteiger partial charge is 0.384 e. The van der Waals surface area contributed by atoms with Crippen molar-refractivity contribution >= 4 is 11.8 Å². The zero-order valence-corrected chi connectivity index (χ0v) is 8.55. The summed E-state index contributed by atoms with van der Waals surface area (Å²) in [7, 11) is 0. The second-order valence-corrected chi connectivity index (χ2v) is 4.13. The van der Waals surface area contributed by atoms with E-state index in [2.05, 4.69) is 36.1 Å². The smallest absolute Gasteiger partial charge is 0.225 e. The quantitative estimate of drug-likeness (QED) is 0.688. The molecular weight excluding hydrogens is 164 g/mol. The van der Waals surface area contributed by atoms with E-state index in [0.717, 1.165) is 5.69 Å². The Balaban J connectivity index is 2.90. The molecule has 0 aromatic carbocycles. The molecule has 0 spiro atoms. The molecule has 1 rings (SSSR count). The molecule has 0 saturated carbocycles. The van der Waals surface area contributed by atoms with Gasteiger partial charge in [0.1, 0.15) is 5.82 Å². The van der Waals surface area contributed by atoms with Gasteiger partial charge in [0.15, 0.2) is 0 Å². The molecule has 3 N–H and O–H groups in total. The zero-order chi connectivity index (χ0) is 10.1. The topological polar surface area (TPSA) is 63.8 Å². The third-order valence-corrected chi connectivity index (χ3v) is 1.36. The van der Waals surface area contributed by atoms with Crippen LogP contribution in [0.1, 0.15) is 26.5 Å². The average Bonchev–Trinajstić information content (AvgIpc) is 1.78. The molecule has 0 bridgehead atoms. The van der Waals surface area contributed by atoms with E-state index < -0.39 is 0 Å². The van der Waals surface area contributed by atoms with Gasteiger partial charge < -0.3 is 11.1 Å². The van der Waals surface area contributed by atoms with Gasteiger partial charge in [0, 0.05) is 17.3 Å². The van der Waals surface area contributed by atoms with E-state index in [4.69, 9.17) is 5.73 Å². The van der Waals surface area contributed by atoms with Crippen molar-refractivity contribution < 1.29 is 0 Å². The normalized spacial score (nSPS) is 11.4.